The second-order valence-corrected chi connectivity index (χ2v) is 7.09. The van der Waals surface area contributed by atoms with Crippen molar-refractivity contribution >= 4 is 15.7 Å². The van der Waals surface area contributed by atoms with Crippen LogP contribution in [0.4, 0.5) is 10.1 Å². The van der Waals surface area contributed by atoms with Gasteiger partial charge in [0.25, 0.3) is 10.0 Å². The highest BCUT2D eigenvalue weighted by molar-refractivity contribution is 7.92. The molecule has 3 nitrogen and oxygen atoms in total. The average Bonchev–Trinajstić information content (AvgIpc) is 2.48. The molecule has 0 fully saturated rings. The molecule has 2 aromatic carbocycles. The molecule has 0 bridgehead atoms. The molecule has 1 heterocycles. The molecule has 0 radical (unpaired) electrons. The highest BCUT2D eigenvalue weighted by Gasteiger charge is 2.33. The molecule has 0 aromatic heterocycles. The number of benzene rings is 2. The molecular weight excluding hydrogens is 289 g/mol. The van der Waals surface area contributed by atoms with Gasteiger partial charge in [0.15, 0.2) is 0 Å². The molecule has 0 saturated carbocycles. The molecule has 110 valence electrons. The standard InChI is InChI=1S/C16H16FNO2S/c1-12-7-8-13-11-14(17)9-10-16(13)18(12)21(19,20)15-5-3-2-4-6-15/h2-6,9-12H,7-8H2,1H3. The third-order valence-electron chi connectivity index (χ3n) is 3.81. The van der Waals surface area contributed by atoms with E-state index in [1.807, 2.05) is 6.92 Å². The van der Waals surface area contributed by atoms with Crippen LogP contribution in [0.3, 0.4) is 0 Å². The summed E-state index contributed by atoms with van der Waals surface area (Å²) < 4.78 is 40.5. The minimum atomic E-state index is -3.63. The Morgan fingerprint density at radius 3 is 2.57 bits per heavy atom. The third kappa shape index (κ3) is 2.42. The summed E-state index contributed by atoms with van der Waals surface area (Å²) in [4.78, 5) is 0.258. The highest BCUT2D eigenvalue weighted by Crippen LogP contribution is 2.35. The Morgan fingerprint density at radius 1 is 1.14 bits per heavy atom. The van der Waals surface area contributed by atoms with Gasteiger partial charge < -0.3 is 0 Å². The summed E-state index contributed by atoms with van der Waals surface area (Å²) in [5.41, 5.74) is 1.33. The van der Waals surface area contributed by atoms with Crippen LogP contribution in [0.2, 0.25) is 0 Å². The molecule has 0 spiro atoms. The SMILES string of the molecule is CC1CCc2cc(F)ccc2N1S(=O)(=O)c1ccccc1. The van der Waals surface area contributed by atoms with E-state index in [2.05, 4.69) is 0 Å². The van der Waals surface area contributed by atoms with E-state index < -0.39 is 10.0 Å². The van der Waals surface area contributed by atoms with Crippen molar-refractivity contribution in [1.82, 2.24) is 0 Å². The van der Waals surface area contributed by atoms with Gasteiger partial charge in [0.05, 0.1) is 10.6 Å². The van der Waals surface area contributed by atoms with Crippen LogP contribution in [0.1, 0.15) is 18.9 Å². The minimum Gasteiger partial charge on any atom is -0.263 e. The van der Waals surface area contributed by atoms with Gasteiger partial charge in [-0.3, -0.25) is 4.31 Å². The second kappa shape index (κ2) is 5.15. The third-order valence-corrected chi connectivity index (χ3v) is 5.75. The van der Waals surface area contributed by atoms with Gasteiger partial charge in [0.2, 0.25) is 0 Å². The first-order valence-corrected chi connectivity index (χ1v) is 8.32. The Kier molecular flexibility index (Phi) is 3.45. The summed E-state index contributed by atoms with van der Waals surface area (Å²) in [5, 5.41) is 0. The Hall–Kier alpha value is -1.88. The van der Waals surface area contributed by atoms with E-state index >= 15 is 0 Å². The van der Waals surface area contributed by atoms with Gasteiger partial charge in [-0.05, 0) is 55.7 Å². The van der Waals surface area contributed by atoms with Crippen molar-refractivity contribution < 1.29 is 12.8 Å². The van der Waals surface area contributed by atoms with Gasteiger partial charge in [-0.15, -0.1) is 0 Å². The summed E-state index contributed by atoms with van der Waals surface area (Å²) in [6, 6.07) is 12.5. The lowest BCUT2D eigenvalue weighted by Gasteiger charge is -2.36. The summed E-state index contributed by atoms with van der Waals surface area (Å²) in [5.74, 6) is -0.333. The number of hydrogen-bond donors (Lipinski definition) is 0. The number of anilines is 1. The van der Waals surface area contributed by atoms with Crippen LogP contribution in [-0.2, 0) is 16.4 Å². The first-order valence-electron chi connectivity index (χ1n) is 6.88. The number of halogens is 1. The highest BCUT2D eigenvalue weighted by atomic mass is 32.2. The smallest absolute Gasteiger partial charge is 0.263 e. The topological polar surface area (TPSA) is 37.4 Å². The van der Waals surface area contributed by atoms with Gasteiger partial charge >= 0.3 is 0 Å². The molecule has 1 aliphatic rings. The summed E-state index contributed by atoms with van der Waals surface area (Å²) in [7, 11) is -3.63. The van der Waals surface area contributed by atoms with Crippen LogP contribution in [-0.4, -0.2) is 14.5 Å². The maximum atomic E-state index is 13.4. The monoisotopic (exact) mass is 305 g/mol. The number of aryl methyl sites for hydroxylation is 1. The molecule has 1 atom stereocenters. The van der Waals surface area contributed by atoms with Crippen LogP contribution in [0.5, 0.6) is 0 Å². The van der Waals surface area contributed by atoms with E-state index in [4.69, 9.17) is 0 Å². The first kappa shape index (κ1) is 14.1. The molecular formula is C16H16FNO2S. The number of hydrogen-bond acceptors (Lipinski definition) is 2. The summed E-state index contributed by atoms with van der Waals surface area (Å²) in [6.45, 7) is 1.88. The van der Waals surface area contributed by atoms with Gasteiger partial charge in [-0.2, -0.15) is 0 Å². The Labute approximate surface area is 124 Å². The van der Waals surface area contributed by atoms with Crippen LogP contribution < -0.4 is 4.31 Å². The number of nitrogens with zero attached hydrogens (tertiary/aromatic N) is 1. The van der Waals surface area contributed by atoms with E-state index in [9.17, 15) is 12.8 Å². The summed E-state index contributed by atoms with van der Waals surface area (Å²) in [6.07, 6.45) is 1.37. The van der Waals surface area contributed by atoms with Crippen molar-refractivity contribution in [2.75, 3.05) is 4.31 Å². The Balaban J connectivity index is 2.14. The van der Waals surface area contributed by atoms with Gasteiger partial charge in [-0.25, -0.2) is 12.8 Å². The van der Waals surface area contributed by atoms with E-state index in [1.165, 1.54) is 16.4 Å². The van der Waals surface area contributed by atoms with Crippen molar-refractivity contribution in [1.29, 1.82) is 0 Å². The molecule has 2 aromatic rings. The quantitative estimate of drug-likeness (QED) is 0.853. The van der Waals surface area contributed by atoms with Crippen LogP contribution in [0, 0.1) is 5.82 Å². The molecule has 0 aliphatic carbocycles. The van der Waals surface area contributed by atoms with Crippen molar-refractivity contribution in [2.45, 2.75) is 30.7 Å². The van der Waals surface area contributed by atoms with Crippen molar-refractivity contribution in [2.24, 2.45) is 0 Å². The largest absolute Gasteiger partial charge is 0.264 e. The minimum absolute atomic E-state index is 0.145. The fraction of sp³-hybridized carbons (Fsp3) is 0.250. The van der Waals surface area contributed by atoms with E-state index in [0.717, 1.165) is 5.56 Å². The fourth-order valence-corrected chi connectivity index (χ4v) is 4.51. The van der Waals surface area contributed by atoms with Crippen LogP contribution in [0.15, 0.2) is 53.4 Å². The van der Waals surface area contributed by atoms with E-state index in [-0.39, 0.29) is 16.8 Å². The molecule has 1 aliphatic heterocycles. The molecule has 0 saturated heterocycles. The lowest BCUT2D eigenvalue weighted by molar-refractivity contribution is 0.560. The average molecular weight is 305 g/mol. The maximum absolute atomic E-state index is 13.4. The molecule has 3 rings (SSSR count). The zero-order valence-electron chi connectivity index (χ0n) is 11.7. The van der Waals surface area contributed by atoms with Gasteiger partial charge in [0.1, 0.15) is 5.82 Å². The maximum Gasteiger partial charge on any atom is 0.264 e. The van der Waals surface area contributed by atoms with E-state index in [0.29, 0.717) is 18.5 Å². The molecule has 0 amide bonds. The van der Waals surface area contributed by atoms with Gasteiger partial charge in [0, 0.05) is 6.04 Å². The van der Waals surface area contributed by atoms with Crippen molar-refractivity contribution in [3.63, 3.8) is 0 Å². The van der Waals surface area contributed by atoms with Crippen LogP contribution >= 0.6 is 0 Å². The zero-order valence-corrected chi connectivity index (χ0v) is 12.5. The Bertz CT molecular complexity index is 759. The number of rotatable bonds is 2. The van der Waals surface area contributed by atoms with Gasteiger partial charge in [-0.1, -0.05) is 18.2 Å². The van der Waals surface area contributed by atoms with E-state index in [1.54, 1.807) is 36.4 Å². The second-order valence-electron chi connectivity index (χ2n) is 5.27. The lowest BCUT2D eigenvalue weighted by atomic mass is 9.99. The number of fused-ring (bicyclic) bond motifs is 1. The van der Waals surface area contributed by atoms with Crippen LogP contribution in [0.25, 0.3) is 0 Å². The molecule has 0 N–H and O–H groups in total. The fourth-order valence-electron chi connectivity index (χ4n) is 2.76. The molecule has 21 heavy (non-hydrogen) atoms. The Morgan fingerprint density at radius 2 is 1.86 bits per heavy atom. The predicted octanol–water partition coefficient (Wildman–Crippen LogP) is 3.36. The molecule has 1 unspecified atom stereocenters. The lowest BCUT2D eigenvalue weighted by Crippen LogP contribution is -2.42. The molecule has 5 heteroatoms. The van der Waals surface area contributed by atoms with Crippen molar-refractivity contribution in [3.8, 4) is 0 Å². The summed E-state index contributed by atoms with van der Waals surface area (Å²) >= 11 is 0. The predicted molar refractivity (Wildman–Crippen MR) is 80.3 cm³/mol. The normalized spacial score (nSPS) is 18.4. The van der Waals surface area contributed by atoms with Crippen molar-refractivity contribution in [3.05, 3.63) is 59.9 Å². The first-order chi connectivity index (χ1) is 10.00. The number of sulfonamides is 1. The zero-order chi connectivity index (χ0) is 15.0.